The van der Waals surface area contributed by atoms with E-state index in [-0.39, 0.29) is 5.60 Å². The summed E-state index contributed by atoms with van der Waals surface area (Å²) in [5.41, 5.74) is -0.189. The van der Waals surface area contributed by atoms with Gasteiger partial charge in [-0.3, -0.25) is 5.32 Å². The zero-order chi connectivity index (χ0) is 16.7. The summed E-state index contributed by atoms with van der Waals surface area (Å²) in [6, 6.07) is 2.28. The fourth-order valence-electron chi connectivity index (χ4n) is 3.21. The predicted octanol–water partition coefficient (Wildman–Crippen LogP) is 3.65. The Morgan fingerprint density at radius 2 is 2.00 bits per heavy atom. The molecular weight excluding hydrogens is 292 g/mol. The standard InChI is InChI=1S/C17H28N4O2/c1-5-8-13(9-6-2)17(7-3)11-18-16(23-17)21-14-10-15(22-4)20-12-19-14/h10,12-13H,5-9,11H2,1-4H3,(H,18,19,20,21)/t17-/m1/s1. The highest BCUT2D eigenvalue weighted by molar-refractivity contribution is 5.89. The predicted molar refractivity (Wildman–Crippen MR) is 91.9 cm³/mol. The maximum absolute atomic E-state index is 6.28. The summed E-state index contributed by atoms with van der Waals surface area (Å²) < 4.78 is 11.4. The number of anilines is 1. The number of nitrogens with zero attached hydrogens (tertiary/aromatic N) is 3. The van der Waals surface area contributed by atoms with Crippen molar-refractivity contribution in [2.75, 3.05) is 19.0 Å². The van der Waals surface area contributed by atoms with Gasteiger partial charge < -0.3 is 9.47 Å². The van der Waals surface area contributed by atoms with Crippen LogP contribution >= 0.6 is 0 Å². The molecule has 2 heterocycles. The molecular formula is C17H28N4O2. The van der Waals surface area contributed by atoms with E-state index < -0.39 is 0 Å². The van der Waals surface area contributed by atoms with E-state index in [9.17, 15) is 0 Å². The topological polar surface area (TPSA) is 68.6 Å². The maximum Gasteiger partial charge on any atom is 0.291 e. The van der Waals surface area contributed by atoms with Crippen LogP contribution in [-0.2, 0) is 4.74 Å². The normalized spacial score (nSPS) is 20.3. The third-order valence-corrected chi connectivity index (χ3v) is 4.49. The van der Waals surface area contributed by atoms with E-state index in [1.807, 2.05) is 0 Å². The zero-order valence-corrected chi connectivity index (χ0v) is 14.6. The molecule has 0 radical (unpaired) electrons. The van der Waals surface area contributed by atoms with Crippen LogP contribution in [0.2, 0.25) is 0 Å². The van der Waals surface area contributed by atoms with Gasteiger partial charge in [0.2, 0.25) is 5.88 Å². The second-order valence-corrected chi connectivity index (χ2v) is 5.99. The highest BCUT2D eigenvalue weighted by Crippen LogP contribution is 2.37. The molecule has 0 aliphatic carbocycles. The quantitative estimate of drug-likeness (QED) is 0.792. The molecule has 1 aromatic rings. The van der Waals surface area contributed by atoms with Gasteiger partial charge in [0.1, 0.15) is 17.7 Å². The SMILES string of the molecule is CCCC(CCC)[C@@]1(CC)CN=C(Nc2cc(OC)ncn2)O1. The van der Waals surface area contributed by atoms with Gasteiger partial charge >= 0.3 is 0 Å². The highest BCUT2D eigenvalue weighted by atomic mass is 16.5. The third kappa shape index (κ3) is 4.12. The molecule has 0 aromatic carbocycles. The van der Waals surface area contributed by atoms with Crippen LogP contribution in [0.4, 0.5) is 5.82 Å². The van der Waals surface area contributed by atoms with Crippen LogP contribution in [0.3, 0.4) is 0 Å². The molecule has 1 atom stereocenters. The molecule has 0 saturated heterocycles. The van der Waals surface area contributed by atoms with E-state index in [1.165, 1.54) is 32.0 Å². The van der Waals surface area contributed by atoms with Gasteiger partial charge in [-0.2, -0.15) is 0 Å². The Kier molecular flexibility index (Phi) is 6.19. The lowest BCUT2D eigenvalue weighted by atomic mass is 9.79. The molecule has 1 aliphatic heterocycles. The first-order valence-corrected chi connectivity index (χ1v) is 8.54. The van der Waals surface area contributed by atoms with Crippen LogP contribution in [0, 0.1) is 5.92 Å². The molecule has 0 spiro atoms. The molecule has 0 unspecified atom stereocenters. The average molecular weight is 320 g/mol. The number of nitrogens with one attached hydrogen (secondary N) is 1. The molecule has 6 nitrogen and oxygen atoms in total. The minimum Gasteiger partial charge on any atom is -0.481 e. The second-order valence-electron chi connectivity index (χ2n) is 5.99. The summed E-state index contributed by atoms with van der Waals surface area (Å²) in [5.74, 6) is 1.67. The van der Waals surface area contributed by atoms with Crippen molar-refractivity contribution in [3.63, 3.8) is 0 Å². The lowest BCUT2D eigenvalue weighted by molar-refractivity contribution is 0.0104. The van der Waals surface area contributed by atoms with Gasteiger partial charge in [0.25, 0.3) is 6.02 Å². The Morgan fingerprint density at radius 1 is 1.26 bits per heavy atom. The number of rotatable bonds is 8. The van der Waals surface area contributed by atoms with Crippen molar-refractivity contribution in [2.45, 2.75) is 58.5 Å². The first-order chi connectivity index (χ1) is 11.2. The van der Waals surface area contributed by atoms with Crippen LogP contribution < -0.4 is 10.1 Å². The summed E-state index contributed by atoms with van der Waals surface area (Å²) in [6.45, 7) is 7.35. The fraction of sp³-hybridized carbons (Fsp3) is 0.706. The molecule has 23 heavy (non-hydrogen) atoms. The number of ether oxygens (including phenoxy) is 2. The van der Waals surface area contributed by atoms with Crippen LogP contribution in [0.25, 0.3) is 0 Å². The molecule has 0 amide bonds. The van der Waals surface area contributed by atoms with Crippen LogP contribution in [0.15, 0.2) is 17.4 Å². The number of hydrogen-bond donors (Lipinski definition) is 1. The monoisotopic (exact) mass is 320 g/mol. The second kappa shape index (κ2) is 8.13. The van der Waals surface area contributed by atoms with Crippen LogP contribution in [0.5, 0.6) is 5.88 Å². The van der Waals surface area contributed by atoms with Gasteiger partial charge in [0.05, 0.1) is 13.7 Å². The summed E-state index contributed by atoms with van der Waals surface area (Å²) in [7, 11) is 1.58. The van der Waals surface area contributed by atoms with Gasteiger partial charge in [-0.05, 0) is 19.3 Å². The number of aromatic nitrogens is 2. The van der Waals surface area contributed by atoms with Crippen molar-refractivity contribution in [1.82, 2.24) is 9.97 Å². The van der Waals surface area contributed by atoms with E-state index in [4.69, 9.17) is 9.47 Å². The Bertz CT molecular complexity index is 529. The van der Waals surface area contributed by atoms with Crippen molar-refractivity contribution < 1.29 is 9.47 Å². The lowest BCUT2D eigenvalue weighted by Gasteiger charge is -2.35. The highest BCUT2D eigenvalue weighted by Gasteiger charge is 2.43. The smallest absolute Gasteiger partial charge is 0.291 e. The Morgan fingerprint density at radius 3 is 2.61 bits per heavy atom. The molecule has 1 N–H and O–H groups in total. The van der Waals surface area contributed by atoms with Crippen LogP contribution in [-0.4, -0.2) is 35.2 Å². The maximum atomic E-state index is 6.28. The Labute approximate surface area is 138 Å². The average Bonchev–Trinajstić information content (AvgIpc) is 2.99. The van der Waals surface area contributed by atoms with E-state index in [2.05, 4.69) is 41.0 Å². The van der Waals surface area contributed by atoms with Crippen molar-refractivity contribution >= 4 is 11.8 Å². The minimum atomic E-state index is -0.189. The number of methoxy groups -OCH3 is 1. The van der Waals surface area contributed by atoms with Crippen molar-refractivity contribution in [2.24, 2.45) is 10.9 Å². The van der Waals surface area contributed by atoms with Crippen molar-refractivity contribution in [3.05, 3.63) is 12.4 Å². The van der Waals surface area contributed by atoms with Gasteiger partial charge in [-0.25, -0.2) is 15.0 Å². The van der Waals surface area contributed by atoms with E-state index in [1.54, 1.807) is 13.2 Å². The Hall–Kier alpha value is -1.85. The molecule has 128 valence electrons. The zero-order valence-electron chi connectivity index (χ0n) is 14.6. The molecule has 0 bridgehead atoms. The van der Waals surface area contributed by atoms with Crippen molar-refractivity contribution in [3.8, 4) is 5.88 Å². The van der Waals surface area contributed by atoms with E-state index in [0.717, 1.165) is 6.42 Å². The first kappa shape index (κ1) is 17.5. The summed E-state index contributed by atoms with van der Waals surface area (Å²) >= 11 is 0. The van der Waals surface area contributed by atoms with E-state index >= 15 is 0 Å². The fourth-order valence-corrected chi connectivity index (χ4v) is 3.21. The van der Waals surface area contributed by atoms with Gasteiger partial charge in [0.15, 0.2) is 0 Å². The molecule has 2 rings (SSSR count). The molecule has 0 fully saturated rings. The first-order valence-electron chi connectivity index (χ1n) is 8.54. The molecule has 0 saturated carbocycles. The molecule has 6 heteroatoms. The van der Waals surface area contributed by atoms with Crippen LogP contribution in [0.1, 0.15) is 52.9 Å². The third-order valence-electron chi connectivity index (χ3n) is 4.49. The van der Waals surface area contributed by atoms with Gasteiger partial charge in [-0.1, -0.05) is 33.6 Å². The van der Waals surface area contributed by atoms with Gasteiger partial charge in [0, 0.05) is 12.0 Å². The molecule has 1 aromatic heterocycles. The Balaban J connectivity index is 2.06. The lowest BCUT2D eigenvalue weighted by Crippen LogP contribution is -2.42. The summed E-state index contributed by atoms with van der Waals surface area (Å²) in [5, 5.41) is 3.14. The van der Waals surface area contributed by atoms with Crippen molar-refractivity contribution in [1.29, 1.82) is 0 Å². The number of hydrogen-bond acceptors (Lipinski definition) is 6. The number of amidine groups is 1. The van der Waals surface area contributed by atoms with Gasteiger partial charge in [-0.15, -0.1) is 0 Å². The number of aliphatic imine (C=N–C) groups is 1. The largest absolute Gasteiger partial charge is 0.481 e. The summed E-state index contributed by atoms with van der Waals surface area (Å²) in [6.07, 6.45) is 7.10. The van der Waals surface area contributed by atoms with E-state index in [0.29, 0.717) is 30.2 Å². The molecule has 1 aliphatic rings. The minimum absolute atomic E-state index is 0.189. The summed E-state index contributed by atoms with van der Waals surface area (Å²) in [4.78, 5) is 12.8.